The van der Waals surface area contributed by atoms with E-state index in [1.807, 2.05) is 7.05 Å². The van der Waals surface area contributed by atoms with Crippen LogP contribution in [0.4, 0.5) is 0 Å². The van der Waals surface area contributed by atoms with Gasteiger partial charge in [0.2, 0.25) is 0 Å². The Balaban J connectivity index is 2.23. The Kier molecular flexibility index (Phi) is 4.56. The van der Waals surface area contributed by atoms with Crippen molar-refractivity contribution in [2.24, 2.45) is 0 Å². The second-order valence-electron chi connectivity index (χ2n) is 4.59. The molecule has 0 amide bonds. The van der Waals surface area contributed by atoms with Crippen molar-refractivity contribution in [3.05, 3.63) is 69.7 Å². The number of likely N-dealkylation sites (N-methyl/N-ethyl adjacent to an activating group) is 1. The molecular formula is C16H18BrN. The summed E-state index contributed by atoms with van der Waals surface area (Å²) in [5, 5.41) is 3.40. The van der Waals surface area contributed by atoms with E-state index in [1.165, 1.54) is 16.7 Å². The van der Waals surface area contributed by atoms with Crippen molar-refractivity contribution in [3.63, 3.8) is 0 Å². The van der Waals surface area contributed by atoms with Crippen molar-refractivity contribution in [1.29, 1.82) is 0 Å². The summed E-state index contributed by atoms with van der Waals surface area (Å²) >= 11 is 3.57. The molecule has 0 aliphatic carbocycles. The Morgan fingerprint density at radius 2 is 1.83 bits per heavy atom. The summed E-state index contributed by atoms with van der Waals surface area (Å²) in [4.78, 5) is 0. The van der Waals surface area contributed by atoms with E-state index in [1.54, 1.807) is 0 Å². The molecule has 0 aliphatic rings. The minimum Gasteiger partial charge on any atom is -0.313 e. The highest BCUT2D eigenvalue weighted by atomic mass is 79.9. The zero-order valence-corrected chi connectivity index (χ0v) is 12.4. The second kappa shape index (κ2) is 6.17. The lowest BCUT2D eigenvalue weighted by Gasteiger charge is -2.18. The van der Waals surface area contributed by atoms with Crippen LogP contribution in [-0.4, -0.2) is 7.05 Å². The highest BCUT2D eigenvalue weighted by Crippen LogP contribution is 2.23. The molecule has 18 heavy (non-hydrogen) atoms. The van der Waals surface area contributed by atoms with E-state index in [0.717, 1.165) is 10.9 Å². The highest BCUT2D eigenvalue weighted by Gasteiger charge is 2.10. The van der Waals surface area contributed by atoms with Gasteiger partial charge in [-0.3, -0.25) is 0 Å². The quantitative estimate of drug-likeness (QED) is 0.890. The summed E-state index contributed by atoms with van der Waals surface area (Å²) < 4.78 is 1.14. The van der Waals surface area contributed by atoms with Crippen molar-refractivity contribution < 1.29 is 0 Å². The van der Waals surface area contributed by atoms with E-state index >= 15 is 0 Å². The molecule has 2 heteroatoms. The third-order valence-corrected chi connectivity index (χ3v) is 3.56. The van der Waals surface area contributed by atoms with E-state index in [4.69, 9.17) is 0 Å². The van der Waals surface area contributed by atoms with Crippen molar-refractivity contribution >= 4 is 15.9 Å². The molecule has 94 valence electrons. The van der Waals surface area contributed by atoms with Gasteiger partial charge in [-0.15, -0.1) is 0 Å². The van der Waals surface area contributed by atoms with Crippen LogP contribution in [0.2, 0.25) is 0 Å². The van der Waals surface area contributed by atoms with Crippen molar-refractivity contribution in [3.8, 4) is 0 Å². The number of hydrogen-bond donors (Lipinski definition) is 1. The monoisotopic (exact) mass is 303 g/mol. The Morgan fingerprint density at radius 1 is 1.11 bits per heavy atom. The maximum Gasteiger partial charge on any atom is 0.0358 e. The zero-order valence-electron chi connectivity index (χ0n) is 10.8. The first-order valence-electron chi connectivity index (χ1n) is 6.17. The first kappa shape index (κ1) is 13.3. The van der Waals surface area contributed by atoms with Crippen molar-refractivity contribution in [2.45, 2.75) is 19.4 Å². The van der Waals surface area contributed by atoms with Crippen LogP contribution >= 0.6 is 15.9 Å². The maximum absolute atomic E-state index is 3.57. The third-order valence-electron chi connectivity index (χ3n) is 3.10. The SMILES string of the molecule is CNC(Cc1ccccc1)c1cc(C)cc(Br)c1. The van der Waals surface area contributed by atoms with Gasteiger partial charge in [-0.2, -0.15) is 0 Å². The molecule has 0 saturated carbocycles. The van der Waals surface area contributed by atoms with Gasteiger partial charge in [0.25, 0.3) is 0 Å². The topological polar surface area (TPSA) is 12.0 Å². The number of rotatable bonds is 4. The summed E-state index contributed by atoms with van der Waals surface area (Å²) in [5.74, 6) is 0. The van der Waals surface area contributed by atoms with E-state index in [0.29, 0.717) is 6.04 Å². The van der Waals surface area contributed by atoms with Crippen LogP contribution in [0, 0.1) is 6.92 Å². The van der Waals surface area contributed by atoms with Crippen LogP contribution in [0.3, 0.4) is 0 Å². The molecule has 0 aromatic heterocycles. The summed E-state index contributed by atoms with van der Waals surface area (Å²) in [6, 6.07) is 17.5. The van der Waals surface area contributed by atoms with E-state index in [2.05, 4.69) is 76.7 Å². The molecule has 1 N–H and O–H groups in total. The predicted octanol–water partition coefficient (Wildman–Crippen LogP) is 4.26. The molecular weight excluding hydrogens is 286 g/mol. The Labute approximate surface area is 117 Å². The smallest absolute Gasteiger partial charge is 0.0358 e. The molecule has 1 nitrogen and oxygen atoms in total. The molecule has 2 rings (SSSR count). The Hall–Kier alpha value is -1.12. The van der Waals surface area contributed by atoms with Crippen LogP contribution in [0.15, 0.2) is 53.0 Å². The minimum atomic E-state index is 0.351. The lowest BCUT2D eigenvalue weighted by atomic mass is 9.98. The average Bonchev–Trinajstić information content (AvgIpc) is 2.36. The van der Waals surface area contributed by atoms with Gasteiger partial charge in [-0.25, -0.2) is 0 Å². The molecule has 0 fully saturated rings. The maximum atomic E-state index is 3.57. The molecule has 2 aromatic carbocycles. The van der Waals surface area contributed by atoms with Gasteiger partial charge in [0.1, 0.15) is 0 Å². The van der Waals surface area contributed by atoms with Crippen molar-refractivity contribution in [1.82, 2.24) is 5.32 Å². The Morgan fingerprint density at radius 3 is 2.44 bits per heavy atom. The van der Waals surface area contributed by atoms with Gasteiger partial charge in [-0.1, -0.05) is 52.3 Å². The van der Waals surface area contributed by atoms with Gasteiger partial charge in [-0.05, 0) is 49.2 Å². The molecule has 1 atom stereocenters. The second-order valence-corrected chi connectivity index (χ2v) is 5.51. The summed E-state index contributed by atoms with van der Waals surface area (Å²) in [6.07, 6.45) is 1.01. The number of aryl methyl sites for hydroxylation is 1. The first-order chi connectivity index (χ1) is 8.69. The number of hydrogen-bond acceptors (Lipinski definition) is 1. The predicted molar refractivity (Wildman–Crippen MR) is 80.8 cm³/mol. The molecule has 0 saturated heterocycles. The van der Waals surface area contributed by atoms with Gasteiger partial charge in [0, 0.05) is 10.5 Å². The lowest BCUT2D eigenvalue weighted by Crippen LogP contribution is -2.19. The molecule has 0 aliphatic heterocycles. The number of nitrogens with one attached hydrogen (secondary N) is 1. The van der Waals surface area contributed by atoms with Crippen LogP contribution < -0.4 is 5.32 Å². The van der Waals surface area contributed by atoms with Gasteiger partial charge >= 0.3 is 0 Å². The van der Waals surface area contributed by atoms with Crippen LogP contribution in [0.25, 0.3) is 0 Å². The largest absolute Gasteiger partial charge is 0.313 e. The minimum absolute atomic E-state index is 0.351. The lowest BCUT2D eigenvalue weighted by molar-refractivity contribution is 0.591. The molecule has 1 unspecified atom stereocenters. The van der Waals surface area contributed by atoms with E-state index < -0.39 is 0 Å². The summed E-state index contributed by atoms with van der Waals surface area (Å²) in [5.41, 5.74) is 3.97. The standard InChI is InChI=1S/C16H18BrN/c1-12-8-14(11-15(17)9-12)16(18-2)10-13-6-4-3-5-7-13/h3-9,11,16,18H,10H2,1-2H3. The van der Waals surface area contributed by atoms with Crippen LogP contribution in [-0.2, 0) is 6.42 Å². The Bertz CT molecular complexity index is 488. The zero-order chi connectivity index (χ0) is 13.0. The molecule has 0 heterocycles. The van der Waals surface area contributed by atoms with Crippen LogP contribution in [0.5, 0.6) is 0 Å². The normalized spacial score (nSPS) is 12.4. The molecule has 0 bridgehead atoms. The van der Waals surface area contributed by atoms with Gasteiger partial charge < -0.3 is 5.32 Å². The molecule has 0 radical (unpaired) electrons. The average molecular weight is 304 g/mol. The van der Waals surface area contributed by atoms with Crippen molar-refractivity contribution in [2.75, 3.05) is 7.05 Å². The van der Waals surface area contributed by atoms with Crippen LogP contribution in [0.1, 0.15) is 22.7 Å². The molecule has 2 aromatic rings. The van der Waals surface area contributed by atoms with Gasteiger partial charge in [0.15, 0.2) is 0 Å². The van der Waals surface area contributed by atoms with Gasteiger partial charge in [0.05, 0.1) is 0 Å². The molecule has 0 spiro atoms. The summed E-state index contributed by atoms with van der Waals surface area (Å²) in [7, 11) is 2.02. The van der Waals surface area contributed by atoms with E-state index in [-0.39, 0.29) is 0 Å². The fraction of sp³-hybridized carbons (Fsp3) is 0.250. The third kappa shape index (κ3) is 3.44. The fourth-order valence-corrected chi connectivity index (χ4v) is 2.83. The fourth-order valence-electron chi connectivity index (χ4n) is 2.20. The number of halogens is 1. The summed E-state index contributed by atoms with van der Waals surface area (Å²) in [6.45, 7) is 2.13. The number of benzene rings is 2. The van der Waals surface area contributed by atoms with E-state index in [9.17, 15) is 0 Å². The highest BCUT2D eigenvalue weighted by molar-refractivity contribution is 9.10. The first-order valence-corrected chi connectivity index (χ1v) is 6.96.